The number of nitrogens with one attached hydrogen (secondary N) is 2. The van der Waals surface area contributed by atoms with Gasteiger partial charge in [-0.1, -0.05) is 0 Å². The molecule has 0 bridgehead atoms. The second-order valence-electron chi connectivity index (χ2n) is 5.95. The van der Waals surface area contributed by atoms with Crippen molar-refractivity contribution in [2.45, 2.75) is 31.3 Å². The fraction of sp³-hybridized carbons (Fsp3) is 0.312. The molecule has 8 nitrogen and oxygen atoms in total. The monoisotopic (exact) mass is 322 g/mol. The Morgan fingerprint density at radius 3 is 2.83 bits per heavy atom. The van der Waals surface area contributed by atoms with Crippen molar-refractivity contribution in [2.75, 3.05) is 5.32 Å². The molecule has 0 radical (unpaired) electrons. The minimum Gasteiger partial charge on any atom is -0.363 e. The summed E-state index contributed by atoms with van der Waals surface area (Å²) in [7, 11) is 0. The Morgan fingerprint density at radius 1 is 1.21 bits per heavy atom. The third-order valence-electron chi connectivity index (χ3n) is 4.19. The number of H-pyrrole nitrogens is 1. The van der Waals surface area contributed by atoms with Crippen molar-refractivity contribution in [2.24, 2.45) is 5.73 Å². The van der Waals surface area contributed by atoms with Gasteiger partial charge in [0.05, 0.1) is 6.54 Å². The van der Waals surface area contributed by atoms with Crippen molar-refractivity contribution >= 4 is 5.82 Å². The van der Waals surface area contributed by atoms with E-state index in [1.54, 1.807) is 18.7 Å². The van der Waals surface area contributed by atoms with Crippen LogP contribution in [0, 0.1) is 0 Å². The zero-order valence-electron chi connectivity index (χ0n) is 13.1. The van der Waals surface area contributed by atoms with Gasteiger partial charge in [-0.25, -0.2) is 15.0 Å². The highest BCUT2D eigenvalue weighted by molar-refractivity contribution is 5.53. The molecule has 0 aliphatic heterocycles. The highest BCUT2D eigenvalue weighted by atomic mass is 15.2. The number of pyridine rings is 1. The largest absolute Gasteiger partial charge is 0.363 e. The summed E-state index contributed by atoms with van der Waals surface area (Å²) in [5, 5.41) is 10.4. The molecule has 4 rings (SSSR count). The standard InChI is InChI=1S/C16H18N8/c17-12-5-11(6-12)13-7-14(21-9-20-13)19-8-15-22-16(24-23-15)10-1-3-18-4-2-10/h1-4,7,9,11-12H,5-6,8,17H2,(H,19,20,21)(H,22,23,24). The van der Waals surface area contributed by atoms with Crippen LogP contribution in [0.15, 0.2) is 36.9 Å². The van der Waals surface area contributed by atoms with E-state index in [-0.39, 0.29) is 0 Å². The molecule has 0 spiro atoms. The Kier molecular flexibility index (Phi) is 3.87. The van der Waals surface area contributed by atoms with Crippen molar-refractivity contribution in [3.05, 3.63) is 48.4 Å². The predicted octanol–water partition coefficient (Wildman–Crippen LogP) is 1.47. The lowest BCUT2D eigenvalue weighted by Crippen LogP contribution is -2.35. The fourth-order valence-electron chi connectivity index (χ4n) is 2.77. The maximum Gasteiger partial charge on any atom is 0.181 e. The molecule has 0 unspecified atom stereocenters. The van der Waals surface area contributed by atoms with Gasteiger partial charge in [-0.3, -0.25) is 10.1 Å². The molecule has 3 aromatic rings. The van der Waals surface area contributed by atoms with Crippen LogP contribution in [0.2, 0.25) is 0 Å². The lowest BCUT2D eigenvalue weighted by atomic mass is 9.79. The lowest BCUT2D eigenvalue weighted by molar-refractivity contribution is 0.345. The number of hydrogen-bond acceptors (Lipinski definition) is 7. The van der Waals surface area contributed by atoms with E-state index in [9.17, 15) is 0 Å². The van der Waals surface area contributed by atoms with Crippen molar-refractivity contribution in [3.63, 3.8) is 0 Å². The summed E-state index contributed by atoms with van der Waals surface area (Å²) in [5.74, 6) is 2.63. The topological polar surface area (TPSA) is 118 Å². The van der Waals surface area contributed by atoms with E-state index < -0.39 is 0 Å². The zero-order valence-corrected chi connectivity index (χ0v) is 13.1. The van der Waals surface area contributed by atoms with Crippen LogP contribution in [0.25, 0.3) is 11.4 Å². The van der Waals surface area contributed by atoms with Gasteiger partial charge in [-0.2, -0.15) is 5.10 Å². The van der Waals surface area contributed by atoms with Crippen molar-refractivity contribution in [1.29, 1.82) is 0 Å². The van der Waals surface area contributed by atoms with Crippen LogP contribution >= 0.6 is 0 Å². The lowest BCUT2D eigenvalue weighted by Gasteiger charge is -2.31. The highest BCUT2D eigenvalue weighted by Gasteiger charge is 2.28. The van der Waals surface area contributed by atoms with Gasteiger partial charge in [0.25, 0.3) is 0 Å². The quantitative estimate of drug-likeness (QED) is 0.651. The van der Waals surface area contributed by atoms with Crippen LogP contribution in [0.1, 0.15) is 30.3 Å². The Morgan fingerprint density at radius 2 is 2.04 bits per heavy atom. The van der Waals surface area contributed by atoms with E-state index in [0.717, 1.165) is 35.7 Å². The number of anilines is 1. The molecule has 24 heavy (non-hydrogen) atoms. The van der Waals surface area contributed by atoms with Crippen LogP contribution in [0.5, 0.6) is 0 Å². The van der Waals surface area contributed by atoms with Gasteiger partial charge in [0.2, 0.25) is 0 Å². The van der Waals surface area contributed by atoms with E-state index >= 15 is 0 Å². The molecule has 1 saturated carbocycles. The summed E-state index contributed by atoms with van der Waals surface area (Å²) in [5.41, 5.74) is 7.82. The number of rotatable bonds is 5. The van der Waals surface area contributed by atoms with Crippen LogP contribution < -0.4 is 11.1 Å². The first kappa shape index (κ1) is 14.7. The minimum atomic E-state index is 0.308. The molecule has 1 aliphatic rings. The molecular weight excluding hydrogens is 304 g/mol. The average molecular weight is 322 g/mol. The van der Waals surface area contributed by atoms with Gasteiger partial charge in [0.1, 0.15) is 18.0 Å². The Hall–Kier alpha value is -2.87. The summed E-state index contributed by atoms with van der Waals surface area (Å²) < 4.78 is 0. The Bertz CT molecular complexity index is 810. The van der Waals surface area contributed by atoms with Crippen LogP contribution in [-0.2, 0) is 6.54 Å². The second kappa shape index (κ2) is 6.32. The molecule has 0 saturated heterocycles. The third-order valence-corrected chi connectivity index (χ3v) is 4.19. The summed E-state index contributed by atoms with van der Waals surface area (Å²) in [4.78, 5) is 17.1. The van der Waals surface area contributed by atoms with E-state index in [1.165, 1.54) is 0 Å². The maximum absolute atomic E-state index is 5.85. The van der Waals surface area contributed by atoms with Crippen LogP contribution in [0.3, 0.4) is 0 Å². The molecular formula is C16H18N8. The smallest absolute Gasteiger partial charge is 0.181 e. The van der Waals surface area contributed by atoms with E-state index in [1.807, 2.05) is 18.2 Å². The first-order valence-corrected chi connectivity index (χ1v) is 7.91. The first-order chi connectivity index (χ1) is 11.8. The van der Waals surface area contributed by atoms with Crippen molar-refractivity contribution < 1.29 is 0 Å². The molecule has 3 heterocycles. The second-order valence-corrected chi connectivity index (χ2v) is 5.95. The van der Waals surface area contributed by atoms with Gasteiger partial charge in [0, 0.05) is 41.7 Å². The number of aromatic nitrogens is 6. The van der Waals surface area contributed by atoms with Crippen molar-refractivity contribution in [1.82, 2.24) is 30.1 Å². The summed E-state index contributed by atoms with van der Waals surface area (Å²) in [6.45, 7) is 0.513. The fourth-order valence-corrected chi connectivity index (χ4v) is 2.77. The van der Waals surface area contributed by atoms with Gasteiger partial charge >= 0.3 is 0 Å². The molecule has 8 heteroatoms. The molecule has 0 amide bonds. The van der Waals surface area contributed by atoms with Gasteiger partial charge < -0.3 is 11.1 Å². The normalized spacial score (nSPS) is 19.7. The van der Waals surface area contributed by atoms with Gasteiger partial charge in [-0.05, 0) is 25.0 Å². The average Bonchev–Trinajstić information content (AvgIpc) is 3.07. The summed E-state index contributed by atoms with van der Waals surface area (Å²) in [6.07, 6.45) is 7.02. The van der Waals surface area contributed by atoms with Crippen molar-refractivity contribution in [3.8, 4) is 11.4 Å². The van der Waals surface area contributed by atoms with E-state index in [4.69, 9.17) is 5.73 Å². The van der Waals surface area contributed by atoms with E-state index in [2.05, 4.69) is 35.5 Å². The Labute approximate surface area is 139 Å². The van der Waals surface area contributed by atoms with Gasteiger partial charge in [-0.15, -0.1) is 0 Å². The Balaban J connectivity index is 1.40. The van der Waals surface area contributed by atoms with Gasteiger partial charge in [0.15, 0.2) is 5.82 Å². The van der Waals surface area contributed by atoms with Crippen LogP contribution in [-0.4, -0.2) is 36.2 Å². The molecule has 3 aromatic heterocycles. The molecule has 4 N–H and O–H groups in total. The number of aromatic amines is 1. The number of hydrogen-bond donors (Lipinski definition) is 3. The molecule has 122 valence electrons. The zero-order chi connectivity index (χ0) is 16.4. The molecule has 0 atom stereocenters. The SMILES string of the molecule is NC1CC(c2cc(NCc3nc(-c4ccncc4)n[nH]3)ncn2)C1. The van der Waals surface area contributed by atoms with Crippen LogP contribution in [0.4, 0.5) is 5.82 Å². The first-order valence-electron chi connectivity index (χ1n) is 7.91. The number of nitrogens with two attached hydrogens (primary N) is 1. The molecule has 1 aliphatic carbocycles. The predicted molar refractivity (Wildman–Crippen MR) is 88.9 cm³/mol. The summed E-state index contributed by atoms with van der Waals surface area (Å²) >= 11 is 0. The summed E-state index contributed by atoms with van der Waals surface area (Å²) in [6, 6.07) is 6.04. The number of nitrogens with zero attached hydrogens (tertiary/aromatic N) is 5. The minimum absolute atomic E-state index is 0.308. The molecule has 1 fully saturated rings. The third kappa shape index (κ3) is 3.09. The highest BCUT2D eigenvalue weighted by Crippen LogP contribution is 2.34. The maximum atomic E-state index is 5.85. The van der Waals surface area contributed by atoms with E-state index in [0.29, 0.717) is 24.3 Å². The molecule has 0 aromatic carbocycles.